The summed E-state index contributed by atoms with van der Waals surface area (Å²) >= 11 is 5.89. The molecule has 2 amide bonds. The van der Waals surface area contributed by atoms with Crippen LogP contribution in [-0.2, 0) is 9.59 Å². The van der Waals surface area contributed by atoms with E-state index in [0.717, 1.165) is 11.1 Å². The highest BCUT2D eigenvalue weighted by molar-refractivity contribution is 6.30. The number of amides is 2. The second kappa shape index (κ2) is 10.3. The lowest BCUT2D eigenvalue weighted by atomic mass is 10.2. The number of carbonyl (C=O) groups is 2. The summed E-state index contributed by atoms with van der Waals surface area (Å²) in [5.74, 6) is -0.550. The molecule has 0 radical (unpaired) electrons. The normalized spacial score (nSPS) is 11.4. The second-order valence-corrected chi connectivity index (χ2v) is 6.48. The van der Waals surface area contributed by atoms with Gasteiger partial charge in [-0.1, -0.05) is 48.0 Å². The zero-order valence-electron chi connectivity index (χ0n) is 15.3. The van der Waals surface area contributed by atoms with Gasteiger partial charge in [-0.2, -0.15) is 5.10 Å². The van der Waals surface area contributed by atoms with Crippen molar-refractivity contribution in [1.82, 2.24) is 5.43 Å². The van der Waals surface area contributed by atoms with Gasteiger partial charge >= 0.3 is 0 Å². The Morgan fingerprint density at radius 2 is 1.78 bits per heavy atom. The average Bonchev–Trinajstić information content (AvgIpc) is 2.66. The molecule has 0 saturated carbocycles. The molecule has 0 aromatic heterocycles. The molecule has 0 aliphatic heterocycles. The Labute approximate surface area is 164 Å². The van der Waals surface area contributed by atoms with Gasteiger partial charge in [-0.15, -0.1) is 0 Å². The van der Waals surface area contributed by atoms with Crippen LogP contribution in [0.3, 0.4) is 0 Å². The molecular formula is C21H22ClN3O2. The smallest absolute Gasteiger partial charge is 0.240 e. The minimum Gasteiger partial charge on any atom is -0.326 e. The van der Waals surface area contributed by atoms with Crippen molar-refractivity contribution in [1.29, 1.82) is 0 Å². The number of nitrogens with zero attached hydrogens (tertiary/aromatic N) is 1. The molecule has 0 heterocycles. The molecule has 0 unspecified atom stereocenters. The number of hydrogen-bond acceptors (Lipinski definition) is 3. The van der Waals surface area contributed by atoms with Crippen LogP contribution in [0.1, 0.15) is 30.9 Å². The first-order valence-corrected chi connectivity index (χ1v) is 8.94. The maximum atomic E-state index is 12.0. The van der Waals surface area contributed by atoms with E-state index in [9.17, 15) is 9.59 Å². The first-order chi connectivity index (χ1) is 12.9. The van der Waals surface area contributed by atoms with Crippen molar-refractivity contribution in [3.63, 3.8) is 0 Å². The zero-order chi connectivity index (χ0) is 19.6. The summed E-state index contributed by atoms with van der Waals surface area (Å²) in [5, 5.41) is 7.39. The topological polar surface area (TPSA) is 70.6 Å². The highest BCUT2D eigenvalue weighted by atomic mass is 35.5. The van der Waals surface area contributed by atoms with Crippen LogP contribution in [0.5, 0.6) is 0 Å². The lowest BCUT2D eigenvalue weighted by Gasteiger charge is -2.08. The minimum atomic E-state index is -0.314. The molecule has 0 atom stereocenters. The fraction of sp³-hybridized carbons (Fsp3) is 0.190. The third-order valence-electron chi connectivity index (χ3n) is 3.72. The summed E-state index contributed by atoms with van der Waals surface area (Å²) < 4.78 is 0. The Bertz CT molecular complexity index is 861. The van der Waals surface area contributed by atoms with Crippen molar-refractivity contribution in [2.45, 2.75) is 26.7 Å². The molecular weight excluding hydrogens is 362 g/mol. The van der Waals surface area contributed by atoms with Crippen LogP contribution in [0.25, 0.3) is 6.08 Å². The van der Waals surface area contributed by atoms with E-state index in [-0.39, 0.29) is 24.7 Å². The largest absolute Gasteiger partial charge is 0.326 e. The van der Waals surface area contributed by atoms with Gasteiger partial charge in [-0.3, -0.25) is 9.59 Å². The number of hydrazone groups is 1. The van der Waals surface area contributed by atoms with Crippen molar-refractivity contribution >= 4 is 40.9 Å². The lowest BCUT2D eigenvalue weighted by Crippen LogP contribution is -2.21. The zero-order valence-corrected chi connectivity index (χ0v) is 16.1. The van der Waals surface area contributed by atoms with Gasteiger partial charge < -0.3 is 5.32 Å². The predicted molar refractivity (Wildman–Crippen MR) is 111 cm³/mol. The number of allylic oxidation sites excluding steroid dienone is 1. The van der Waals surface area contributed by atoms with Crippen LogP contribution < -0.4 is 10.7 Å². The third-order valence-corrected chi connectivity index (χ3v) is 3.95. The van der Waals surface area contributed by atoms with Gasteiger partial charge in [0.15, 0.2) is 0 Å². The SMILES string of the molecule is CC(C=Cc1ccccc1)=NNC(=O)CCC(=O)Nc1ccc(Cl)cc1C. The fourth-order valence-electron chi connectivity index (χ4n) is 2.23. The highest BCUT2D eigenvalue weighted by Crippen LogP contribution is 2.19. The number of aryl methyl sites for hydroxylation is 1. The van der Waals surface area contributed by atoms with E-state index in [1.54, 1.807) is 25.1 Å². The number of rotatable bonds is 7. The van der Waals surface area contributed by atoms with E-state index in [1.807, 2.05) is 49.4 Å². The molecule has 2 aromatic carbocycles. The first kappa shape index (κ1) is 20.4. The molecule has 0 aliphatic carbocycles. The Kier molecular flexibility index (Phi) is 7.77. The van der Waals surface area contributed by atoms with Crippen LogP contribution in [0.4, 0.5) is 5.69 Å². The molecule has 0 aliphatic rings. The molecule has 0 fully saturated rings. The van der Waals surface area contributed by atoms with Crippen LogP contribution in [-0.4, -0.2) is 17.5 Å². The summed E-state index contributed by atoms with van der Waals surface area (Å²) in [5.41, 5.74) is 5.72. The number of halogens is 1. The van der Waals surface area contributed by atoms with Crippen molar-refractivity contribution in [2.24, 2.45) is 5.10 Å². The monoisotopic (exact) mass is 383 g/mol. The third kappa shape index (κ3) is 7.46. The van der Waals surface area contributed by atoms with Gasteiger partial charge in [0.2, 0.25) is 11.8 Å². The van der Waals surface area contributed by atoms with Crippen molar-refractivity contribution in [3.05, 3.63) is 70.8 Å². The minimum absolute atomic E-state index is 0.0532. The Morgan fingerprint density at radius 1 is 1.07 bits per heavy atom. The van der Waals surface area contributed by atoms with Crippen LogP contribution >= 0.6 is 11.6 Å². The highest BCUT2D eigenvalue weighted by Gasteiger charge is 2.08. The molecule has 6 heteroatoms. The molecule has 0 saturated heterocycles. The molecule has 2 N–H and O–H groups in total. The molecule has 140 valence electrons. The van der Waals surface area contributed by atoms with Gasteiger partial charge in [-0.05, 0) is 49.2 Å². The Balaban J connectivity index is 1.76. The van der Waals surface area contributed by atoms with Crippen LogP contribution in [0.15, 0.2) is 59.7 Å². The maximum Gasteiger partial charge on any atom is 0.240 e. The van der Waals surface area contributed by atoms with Gasteiger partial charge in [0.05, 0.1) is 5.71 Å². The van der Waals surface area contributed by atoms with Crippen molar-refractivity contribution < 1.29 is 9.59 Å². The van der Waals surface area contributed by atoms with Gasteiger partial charge in [0.25, 0.3) is 0 Å². The molecule has 27 heavy (non-hydrogen) atoms. The van der Waals surface area contributed by atoms with Gasteiger partial charge in [0.1, 0.15) is 0 Å². The van der Waals surface area contributed by atoms with E-state index in [1.165, 1.54) is 0 Å². The van der Waals surface area contributed by atoms with Crippen molar-refractivity contribution in [3.8, 4) is 0 Å². The van der Waals surface area contributed by atoms with E-state index in [0.29, 0.717) is 16.4 Å². The Hall–Kier alpha value is -2.92. The lowest BCUT2D eigenvalue weighted by molar-refractivity contribution is -0.124. The van der Waals surface area contributed by atoms with E-state index < -0.39 is 0 Å². The standard InChI is InChI=1S/C21H22ClN3O2/c1-15-14-18(22)10-11-19(15)23-20(26)12-13-21(27)25-24-16(2)8-9-17-6-4-3-5-7-17/h3-11,14H,12-13H2,1-2H3,(H,23,26)(H,25,27). The maximum absolute atomic E-state index is 12.0. The average molecular weight is 384 g/mol. The molecule has 0 bridgehead atoms. The first-order valence-electron chi connectivity index (χ1n) is 8.56. The summed E-state index contributed by atoms with van der Waals surface area (Å²) in [4.78, 5) is 23.8. The summed E-state index contributed by atoms with van der Waals surface area (Å²) in [6.45, 7) is 3.64. The van der Waals surface area contributed by atoms with E-state index in [4.69, 9.17) is 11.6 Å². The molecule has 5 nitrogen and oxygen atoms in total. The fourth-order valence-corrected chi connectivity index (χ4v) is 2.46. The van der Waals surface area contributed by atoms with Gasteiger partial charge in [-0.25, -0.2) is 5.43 Å². The number of hydrogen-bond donors (Lipinski definition) is 2. The van der Waals surface area contributed by atoms with Crippen LogP contribution in [0.2, 0.25) is 5.02 Å². The predicted octanol–water partition coefficient (Wildman–Crippen LogP) is 4.57. The van der Waals surface area contributed by atoms with E-state index >= 15 is 0 Å². The number of anilines is 1. The summed E-state index contributed by atoms with van der Waals surface area (Å²) in [6, 6.07) is 15.0. The molecule has 2 aromatic rings. The van der Waals surface area contributed by atoms with Crippen molar-refractivity contribution in [2.75, 3.05) is 5.32 Å². The van der Waals surface area contributed by atoms with Crippen LogP contribution in [0, 0.1) is 6.92 Å². The summed E-state index contributed by atoms with van der Waals surface area (Å²) in [6.07, 6.45) is 3.85. The van der Waals surface area contributed by atoms with E-state index in [2.05, 4.69) is 15.8 Å². The molecule has 2 rings (SSSR count). The Morgan fingerprint density at radius 3 is 2.48 bits per heavy atom. The second-order valence-electron chi connectivity index (χ2n) is 6.04. The number of carbonyl (C=O) groups excluding carboxylic acids is 2. The number of nitrogens with one attached hydrogen (secondary N) is 2. The summed E-state index contributed by atoms with van der Waals surface area (Å²) in [7, 11) is 0. The number of benzene rings is 2. The molecule has 0 spiro atoms. The quantitative estimate of drug-likeness (QED) is 0.543. The van der Waals surface area contributed by atoms with Gasteiger partial charge in [0, 0.05) is 23.6 Å².